The molecule has 20 heavy (non-hydrogen) atoms. The number of halogens is 1. The van der Waals surface area contributed by atoms with Gasteiger partial charge in [0.15, 0.2) is 11.5 Å². The minimum absolute atomic E-state index is 0.220. The van der Waals surface area contributed by atoms with Gasteiger partial charge in [-0.05, 0) is 12.1 Å². The van der Waals surface area contributed by atoms with Crippen LogP contribution >= 0.6 is 11.6 Å². The van der Waals surface area contributed by atoms with Crippen LogP contribution in [0.4, 0.5) is 0 Å². The van der Waals surface area contributed by atoms with Gasteiger partial charge in [-0.1, -0.05) is 23.7 Å². The third-order valence-electron chi connectivity index (χ3n) is 2.44. The molecule has 0 fully saturated rings. The summed E-state index contributed by atoms with van der Waals surface area (Å²) in [6, 6.07) is 6.98. The van der Waals surface area contributed by atoms with E-state index in [0.29, 0.717) is 16.3 Å². The average molecular weight is 320 g/mol. The maximum Gasteiger partial charge on any atom is 0.333 e. The van der Waals surface area contributed by atoms with E-state index in [1.807, 2.05) is 0 Å². The Morgan fingerprint density at radius 1 is 1.30 bits per heavy atom. The predicted octanol–water partition coefficient (Wildman–Crippen LogP) is 2.01. The molecule has 1 aromatic rings. The second kappa shape index (κ2) is 5.25. The highest BCUT2D eigenvalue weighted by Crippen LogP contribution is 2.38. The molecular formula is C12H14ClNO5S. The Morgan fingerprint density at radius 2 is 1.95 bits per heavy atom. The summed E-state index contributed by atoms with van der Waals surface area (Å²) in [5, 5.41) is 5.26. The van der Waals surface area contributed by atoms with Crippen molar-refractivity contribution in [2.45, 2.75) is 19.6 Å². The fraction of sp³-hybridized carbons (Fsp3) is 0.333. The van der Waals surface area contributed by atoms with Crippen molar-refractivity contribution >= 4 is 27.7 Å². The van der Waals surface area contributed by atoms with Crippen LogP contribution in [0.1, 0.15) is 19.4 Å². The van der Waals surface area contributed by atoms with E-state index in [9.17, 15) is 8.42 Å². The van der Waals surface area contributed by atoms with Crippen LogP contribution in [-0.2, 0) is 24.0 Å². The Labute approximate surface area is 122 Å². The molecule has 1 aliphatic heterocycles. The van der Waals surface area contributed by atoms with Crippen molar-refractivity contribution in [3.63, 3.8) is 0 Å². The van der Waals surface area contributed by atoms with Gasteiger partial charge in [-0.2, -0.15) is 8.42 Å². The van der Waals surface area contributed by atoms with Crippen LogP contribution in [0.3, 0.4) is 0 Å². The van der Waals surface area contributed by atoms with Crippen LogP contribution < -0.4 is 5.14 Å². The summed E-state index contributed by atoms with van der Waals surface area (Å²) < 4.78 is 37.5. The molecule has 0 saturated heterocycles. The first-order chi connectivity index (χ1) is 9.18. The highest BCUT2D eigenvalue weighted by molar-refractivity contribution is 7.84. The van der Waals surface area contributed by atoms with Crippen LogP contribution in [0.2, 0.25) is 5.02 Å². The molecule has 1 heterocycles. The predicted molar refractivity (Wildman–Crippen MR) is 73.7 cm³/mol. The molecule has 0 aromatic heterocycles. The Hall–Kier alpha value is -1.28. The Morgan fingerprint density at radius 3 is 2.55 bits per heavy atom. The molecule has 110 valence electrons. The normalized spacial score (nSPS) is 17.8. The monoisotopic (exact) mass is 319 g/mol. The van der Waals surface area contributed by atoms with E-state index in [-0.39, 0.29) is 12.4 Å². The van der Waals surface area contributed by atoms with E-state index in [2.05, 4.69) is 4.18 Å². The third-order valence-corrected chi connectivity index (χ3v) is 3.22. The summed E-state index contributed by atoms with van der Waals surface area (Å²) in [6.45, 7) is 3.02. The standard InChI is InChI=1S/C12H14ClNO5S/c1-12(2)18-10(7-17-20(14,15)16)11(19-12)8-5-3-4-6-9(8)13/h3-6H,7H2,1-2H3,(H2,14,15,16). The van der Waals surface area contributed by atoms with Crippen molar-refractivity contribution in [2.24, 2.45) is 5.14 Å². The zero-order valence-corrected chi connectivity index (χ0v) is 12.5. The minimum Gasteiger partial charge on any atom is -0.451 e. The van der Waals surface area contributed by atoms with Crippen LogP contribution in [0, 0.1) is 0 Å². The fourth-order valence-corrected chi connectivity index (χ4v) is 2.24. The maximum atomic E-state index is 10.9. The fourth-order valence-electron chi connectivity index (χ4n) is 1.75. The Bertz CT molecular complexity index is 654. The molecule has 1 aromatic carbocycles. The molecule has 2 N–H and O–H groups in total. The van der Waals surface area contributed by atoms with E-state index >= 15 is 0 Å². The van der Waals surface area contributed by atoms with Crippen LogP contribution in [0.25, 0.3) is 5.76 Å². The van der Waals surface area contributed by atoms with Crippen molar-refractivity contribution in [3.05, 3.63) is 40.6 Å². The summed E-state index contributed by atoms with van der Waals surface area (Å²) in [5.41, 5.74) is 0.591. The number of benzene rings is 1. The summed E-state index contributed by atoms with van der Waals surface area (Å²) in [5.74, 6) is -0.382. The first-order valence-electron chi connectivity index (χ1n) is 5.71. The first-order valence-corrected chi connectivity index (χ1v) is 7.56. The molecule has 0 saturated carbocycles. The van der Waals surface area contributed by atoms with Crippen molar-refractivity contribution in [3.8, 4) is 0 Å². The molecule has 6 nitrogen and oxygen atoms in total. The number of ether oxygens (including phenoxy) is 2. The number of rotatable bonds is 4. The molecule has 0 spiro atoms. The van der Waals surface area contributed by atoms with E-state index in [0.717, 1.165) is 0 Å². The number of hydrogen-bond acceptors (Lipinski definition) is 5. The van der Waals surface area contributed by atoms with Crippen molar-refractivity contribution in [2.75, 3.05) is 6.61 Å². The lowest BCUT2D eigenvalue weighted by Crippen LogP contribution is -2.22. The van der Waals surface area contributed by atoms with Gasteiger partial charge in [0.2, 0.25) is 5.79 Å². The molecule has 0 unspecified atom stereocenters. The summed E-state index contributed by atoms with van der Waals surface area (Å²) in [6.07, 6.45) is 0. The lowest BCUT2D eigenvalue weighted by molar-refractivity contribution is -0.113. The SMILES string of the molecule is CC1(C)OC(COS(N)(=O)=O)=C(c2ccccc2Cl)O1. The maximum absolute atomic E-state index is 10.9. The van der Waals surface area contributed by atoms with Crippen LogP contribution in [-0.4, -0.2) is 20.8 Å². The molecule has 0 radical (unpaired) electrons. The van der Waals surface area contributed by atoms with Gasteiger partial charge in [0.1, 0.15) is 6.61 Å². The zero-order chi connectivity index (χ0) is 15.0. The number of nitrogens with two attached hydrogens (primary N) is 1. The Kier molecular flexibility index (Phi) is 3.97. The van der Waals surface area contributed by atoms with Crippen molar-refractivity contribution in [1.82, 2.24) is 0 Å². The van der Waals surface area contributed by atoms with Gasteiger partial charge in [-0.15, -0.1) is 0 Å². The van der Waals surface area contributed by atoms with Gasteiger partial charge in [-0.25, -0.2) is 9.32 Å². The van der Waals surface area contributed by atoms with Gasteiger partial charge in [0, 0.05) is 19.4 Å². The van der Waals surface area contributed by atoms with Gasteiger partial charge >= 0.3 is 10.3 Å². The smallest absolute Gasteiger partial charge is 0.333 e. The molecule has 1 aliphatic rings. The molecule has 0 bridgehead atoms. The highest BCUT2D eigenvalue weighted by Gasteiger charge is 2.36. The second-order valence-corrected chi connectivity index (χ2v) is 6.22. The lowest BCUT2D eigenvalue weighted by Gasteiger charge is -2.19. The van der Waals surface area contributed by atoms with Gasteiger partial charge < -0.3 is 9.47 Å². The highest BCUT2D eigenvalue weighted by atomic mass is 35.5. The molecular weight excluding hydrogens is 306 g/mol. The zero-order valence-electron chi connectivity index (χ0n) is 10.9. The van der Waals surface area contributed by atoms with E-state index in [1.165, 1.54) is 0 Å². The molecule has 0 atom stereocenters. The Balaban J connectivity index is 2.36. The van der Waals surface area contributed by atoms with E-state index in [1.54, 1.807) is 38.1 Å². The van der Waals surface area contributed by atoms with Crippen LogP contribution in [0.5, 0.6) is 0 Å². The quantitative estimate of drug-likeness (QED) is 0.917. The molecule has 8 heteroatoms. The van der Waals surface area contributed by atoms with E-state index in [4.69, 9.17) is 26.2 Å². The van der Waals surface area contributed by atoms with Crippen molar-refractivity contribution in [1.29, 1.82) is 0 Å². The molecule has 2 rings (SSSR count). The van der Waals surface area contributed by atoms with Crippen LogP contribution in [0.15, 0.2) is 30.0 Å². The molecule has 0 aliphatic carbocycles. The second-order valence-electron chi connectivity index (χ2n) is 4.59. The largest absolute Gasteiger partial charge is 0.451 e. The minimum atomic E-state index is -4.07. The summed E-state index contributed by atoms with van der Waals surface area (Å²) in [7, 11) is -4.07. The molecule has 0 amide bonds. The number of hydrogen-bond donors (Lipinski definition) is 1. The summed E-state index contributed by atoms with van der Waals surface area (Å²) in [4.78, 5) is 0. The lowest BCUT2D eigenvalue weighted by atomic mass is 10.1. The van der Waals surface area contributed by atoms with E-state index < -0.39 is 16.1 Å². The summed E-state index contributed by atoms with van der Waals surface area (Å²) >= 11 is 6.10. The van der Waals surface area contributed by atoms with Gasteiger partial charge in [0.25, 0.3) is 0 Å². The van der Waals surface area contributed by atoms with Crippen molar-refractivity contribution < 1.29 is 22.1 Å². The van der Waals surface area contributed by atoms with Gasteiger partial charge in [0.05, 0.1) is 5.02 Å². The average Bonchev–Trinajstić information content (AvgIpc) is 2.62. The van der Waals surface area contributed by atoms with Gasteiger partial charge in [-0.3, -0.25) is 0 Å². The topological polar surface area (TPSA) is 87.9 Å². The first kappa shape index (κ1) is 15.1. The third kappa shape index (κ3) is 3.63.